The first-order valence-electron chi connectivity index (χ1n) is 5.10. The molecule has 0 atom stereocenters. The van der Waals surface area contributed by atoms with E-state index in [-0.39, 0.29) is 6.42 Å². The summed E-state index contributed by atoms with van der Waals surface area (Å²) in [6.07, 6.45) is 1.48. The van der Waals surface area contributed by atoms with Crippen molar-refractivity contribution in [2.24, 2.45) is 0 Å². The minimum Gasteiger partial charge on any atom is -0.497 e. The molecule has 4 nitrogen and oxygen atoms in total. The Morgan fingerprint density at radius 2 is 2.06 bits per heavy atom. The standard InChI is InChI=1S/C12H16O4/c1-15-10-7-6-9(11(8-10)16-2)4-3-5-12(13)14/h6-8H,3-5H2,1-2H3,(H,13,14). The molecule has 0 saturated heterocycles. The highest BCUT2D eigenvalue weighted by molar-refractivity contribution is 5.66. The first-order valence-corrected chi connectivity index (χ1v) is 5.10. The van der Waals surface area contributed by atoms with E-state index < -0.39 is 5.97 Å². The molecule has 0 heterocycles. The molecule has 0 radical (unpaired) electrons. The molecule has 0 bridgehead atoms. The molecule has 1 rings (SSSR count). The Hall–Kier alpha value is -1.71. The minimum atomic E-state index is -0.771. The van der Waals surface area contributed by atoms with Gasteiger partial charge in [0.05, 0.1) is 14.2 Å². The predicted molar refractivity (Wildman–Crippen MR) is 60.1 cm³/mol. The van der Waals surface area contributed by atoms with E-state index >= 15 is 0 Å². The van der Waals surface area contributed by atoms with Gasteiger partial charge in [0, 0.05) is 12.5 Å². The lowest BCUT2D eigenvalue weighted by atomic mass is 10.1. The van der Waals surface area contributed by atoms with E-state index in [2.05, 4.69) is 0 Å². The summed E-state index contributed by atoms with van der Waals surface area (Å²) in [4.78, 5) is 10.4. The van der Waals surface area contributed by atoms with Crippen molar-refractivity contribution in [2.45, 2.75) is 19.3 Å². The first-order chi connectivity index (χ1) is 7.67. The average molecular weight is 224 g/mol. The number of ether oxygens (including phenoxy) is 2. The molecular weight excluding hydrogens is 208 g/mol. The van der Waals surface area contributed by atoms with Crippen LogP contribution in [0.2, 0.25) is 0 Å². The highest BCUT2D eigenvalue weighted by atomic mass is 16.5. The zero-order valence-corrected chi connectivity index (χ0v) is 9.53. The van der Waals surface area contributed by atoms with Crippen LogP contribution in [0.15, 0.2) is 18.2 Å². The van der Waals surface area contributed by atoms with Crippen LogP contribution < -0.4 is 9.47 Å². The van der Waals surface area contributed by atoms with Crippen LogP contribution >= 0.6 is 0 Å². The second-order valence-corrected chi connectivity index (χ2v) is 3.43. The van der Waals surface area contributed by atoms with Crippen molar-refractivity contribution in [1.82, 2.24) is 0 Å². The molecule has 0 fully saturated rings. The van der Waals surface area contributed by atoms with Crippen LogP contribution in [-0.2, 0) is 11.2 Å². The summed E-state index contributed by atoms with van der Waals surface area (Å²) in [6, 6.07) is 5.55. The molecule has 0 spiro atoms. The summed E-state index contributed by atoms with van der Waals surface area (Å²) in [6.45, 7) is 0. The van der Waals surface area contributed by atoms with Crippen LogP contribution in [0.5, 0.6) is 11.5 Å². The van der Waals surface area contributed by atoms with Crippen LogP contribution in [0, 0.1) is 0 Å². The van der Waals surface area contributed by atoms with Crippen LogP contribution in [0.4, 0.5) is 0 Å². The van der Waals surface area contributed by atoms with E-state index in [1.165, 1.54) is 0 Å². The number of hydrogen-bond donors (Lipinski definition) is 1. The molecule has 4 heteroatoms. The fourth-order valence-electron chi connectivity index (χ4n) is 1.49. The van der Waals surface area contributed by atoms with E-state index in [9.17, 15) is 4.79 Å². The molecular formula is C12H16O4. The number of methoxy groups -OCH3 is 2. The summed E-state index contributed by atoms with van der Waals surface area (Å²) in [7, 11) is 3.19. The van der Waals surface area contributed by atoms with Gasteiger partial charge in [-0.15, -0.1) is 0 Å². The highest BCUT2D eigenvalue weighted by Gasteiger charge is 2.05. The number of rotatable bonds is 6. The predicted octanol–water partition coefficient (Wildman–Crippen LogP) is 2.11. The number of hydrogen-bond acceptors (Lipinski definition) is 3. The Morgan fingerprint density at radius 3 is 2.62 bits per heavy atom. The summed E-state index contributed by atoms with van der Waals surface area (Å²) in [5.74, 6) is 0.705. The third-order valence-electron chi connectivity index (χ3n) is 2.33. The normalized spacial score (nSPS) is 9.88. The van der Waals surface area contributed by atoms with Gasteiger partial charge in [-0.05, 0) is 24.5 Å². The molecule has 0 aromatic heterocycles. The van der Waals surface area contributed by atoms with Gasteiger partial charge in [-0.2, -0.15) is 0 Å². The molecule has 1 N–H and O–H groups in total. The molecule has 0 unspecified atom stereocenters. The van der Waals surface area contributed by atoms with Crippen LogP contribution in [0.1, 0.15) is 18.4 Å². The monoisotopic (exact) mass is 224 g/mol. The largest absolute Gasteiger partial charge is 0.497 e. The maximum absolute atomic E-state index is 10.4. The molecule has 0 amide bonds. The number of aryl methyl sites for hydroxylation is 1. The van der Waals surface area contributed by atoms with E-state index in [4.69, 9.17) is 14.6 Å². The van der Waals surface area contributed by atoms with Crippen molar-refractivity contribution in [3.8, 4) is 11.5 Å². The molecule has 0 aliphatic rings. The van der Waals surface area contributed by atoms with Crippen LogP contribution in [0.25, 0.3) is 0 Å². The smallest absolute Gasteiger partial charge is 0.303 e. The Morgan fingerprint density at radius 1 is 1.31 bits per heavy atom. The van der Waals surface area contributed by atoms with Crippen molar-refractivity contribution in [3.63, 3.8) is 0 Å². The second kappa shape index (κ2) is 6.00. The minimum absolute atomic E-state index is 0.176. The second-order valence-electron chi connectivity index (χ2n) is 3.43. The van der Waals surface area contributed by atoms with E-state index in [0.717, 1.165) is 17.1 Å². The van der Waals surface area contributed by atoms with E-state index in [1.54, 1.807) is 20.3 Å². The first kappa shape index (κ1) is 12.4. The summed E-state index contributed by atoms with van der Waals surface area (Å²) < 4.78 is 10.3. The fourth-order valence-corrected chi connectivity index (χ4v) is 1.49. The molecule has 0 aliphatic heterocycles. The third-order valence-corrected chi connectivity index (χ3v) is 2.33. The molecule has 16 heavy (non-hydrogen) atoms. The van der Waals surface area contributed by atoms with Gasteiger partial charge in [-0.1, -0.05) is 6.07 Å². The molecule has 88 valence electrons. The van der Waals surface area contributed by atoms with Gasteiger partial charge in [-0.3, -0.25) is 4.79 Å². The zero-order chi connectivity index (χ0) is 12.0. The summed E-state index contributed by atoms with van der Waals surface area (Å²) in [5, 5.41) is 8.55. The maximum atomic E-state index is 10.4. The van der Waals surface area contributed by atoms with Gasteiger partial charge < -0.3 is 14.6 Å². The number of carboxylic acid groups (broad SMARTS) is 1. The van der Waals surface area contributed by atoms with Gasteiger partial charge in [0.1, 0.15) is 11.5 Å². The number of benzene rings is 1. The van der Waals surface area contributed by atoms with Gasteiger partial charge in [-0.25, -0.2) is 0 Å². The third kappa shape index (κ3) is 3.46. The van der Waals surface area contributed by atoms with E-state index in [1.807, 2.05) is 12.1 Å². The van der Waals surface area contributed by atoms with Gasteiger partial charge in [0.2, 0.25) is 0 Å². The Balaban J connectivity index is 2.68. The number of carboxylic acids is 1. The van der Waals surface area contributed by atoms with Crippen molar-refractivity contribution < 1.29 is 19.4 Å². The zero-order valence-electron chi connectivity index (χ0n) is 9.53. The average Bonchev–Trinajstić information content (AvgIpc) is 2.29. The lowest BCUT2D eigenvalue weighted by Gasteiger charge is -2.09. The van der Waals surface area contributed by atoms with Gasteiger partial charge in [0.15, 0.2) is 0 Å². The van der Waals surface area contributed by atoms with Gasteiger partial charge in [0.25, 0.3) is 0 Å². The lowest BCUT2D eigenvalue weighted by Crippen LogP contribution is -1.98. The Bertz CT molecular complexity index is 360. The summed E-state index contributed by atoms with van der Waals surface area (Å²) in [5.41, 5.74) is 1.00. The fraction of sp³-hybridized carbons (Fsp3) is 0.417. The Labute approximate surface area is 94.8 Å². The molecule has 0 aliphatic carbocycles. The van der Waals surface area contributed by atoms with Crippen molar-refractivity contribution in [2.75, 3.05) is 14.2 Å². The SMILES string of the molecule is COc1ccc(CCCC(=O)O)c(OC)c1. The van der Waals surface area contributed by atoms with Crippen molar-refractivity contribution in [1.29, 1.82) is 0 Å². The van der Waals surface area contributed by atoms with Crippen molar-refractivity contribution in [3.05, 3.63) is 23.8 Å². The van der Waals surface area contributed by atoms with Crippen molar-refractivity contribution >= 4 is 5.97 Å². The topological polar surface area (TPSA) is 55.8 Å². The Kier molecular flexibility index (Phi) is 4.64. The quantitative estimate of drug-likeness (QED) is 0.804. The lowest BCUT2D eigenvalue weighted by molar-refractivity contribution is -0.137. The summed E-state index contributed by atoms with van der Waals surface area (Å²) >= 11 is 0. The number of aliphatic carboxylic acids is 1. The molecule has 1 aromatic carbocycles. The van der Waals surface area contributed by atoms with Gasteiger partial charge >= 0.3 is 5.97 Å². The molecule has 0 saturated carbocycles. The molecule has 1 aromatic rings. The maximum Gasteiger partial charge on any atom is 0.303 e. The van der Waals surface area contributed by atoms with E-state index in [0.29, 0.717) is 12.8 Å². The van der Waals surface area contributed by atoms with Crippen LogP contribution in [0.3, 0.4) is 0 Å². The highest BCUT2D eigenvalue weighted by Crippen LogP contribution is 2.25. The number of carbonyl (C=O) groups is 1. The van der Waals surface area contributed by atoms with Crippen LogP contribution in [-0.4, -0.2) is 25.3 Å².